The Labute approximate surface area is 155 Å². The zero-order valence-corrected chi connectivity index (χ0v) is 14.5. The molecule has 26 heavy (non-hydrogen) atoms. The normalized spacial score (nSPS) is 10.9. The topological polar surface area (TPSA) is 35.2 Å². The zero-order chi connectivity index (χ0) is 17.9. The summed E-state index contributed by atoms with van der Waals surface area (Å²) in [5.41, 5.74) is 6.93. The molecule has 0 radical (unpaired) electrons. The summed E-state index contributed by atoms with van der Waals surface area (Å²) >= 11 is 0. The summed E-state index contributed by atoms with van der Waals surface area (Å²) < 4.78 is 44.0. The molecular formula is C20H17ClF3NO. The number of alkyl halides is 3. The maximum Gasteiger partial charge on any atom is 0.416 e. The van der Waals surface area contributed by atoms with Crippen molar-refractivity contribution in [1.82, 2.24) is 0 Å². The molecule has 2 N–H and O–H groups in total. The summed E-state index contributed by atoms with van der Waals surface area (Å²) in [6, 6.07) is 20.3. The van der Waals surface area contributed by atoms with Gasteiger partial charge in [-0.15, -0.1) is 12.4 Å². The molecular weight excluding hydrogens is 363 g/mol. The van der Waals surface area contributed by atoms with E-state index in [0.29, 0.717) is 12.2 Å². The van der Waals surface area contributed by atoms with Crippen LogP contribution in [-0.4, -0.2) is 0 Å². The van der Waals surface area contributed by atoms with E-state index in [9.17, 15) is 13.2 Å². The number of benzene rings is 3. The molecule has 0 fully saturated rings. The molecule has 0 aliphatic rings. The molecule has 0 amide bonds. The molecule has 3 rings (SSSR count). The third-order valence-electron chi connectivity index (χ3n) is 3.77. The Morgan fingerprint density at radius 3 is 2.12 bits per heavy atom. The molecule has 0 saturated heterocycles. The molecule has 0 atom stereocenters. The maximum atomic E-state index is 12.7. The molecule has 3 aromatic carbocycles. The number of nitrogens with two attached hydrogens (primary N) is 1. The van der Waals surface area contributed by atoms with E-state index in [2.05, 4.69) is 0 Å². The molecule has 3 aromatic rings. The predicted molar refractivity (Wildman–Crippen MR) is 98.9 cm³/mol. The van der Waals surface area contributed by atoms with Gasteiger partial charge in [-0.25, -0.2) is 0 Å². The molecule has 0 bridgehead atoms. The van der Waals surface area contributed by atoms with Crippen LogP contribution < -0.4 is 10.5 Å². The smallest absolute Gasteiger partial charge is 0.416 e. The minimum absolute atomic E-state index is 0. The molecule has 0 spiro atoms. The maximum absolute atomic E-state index is 12.7. The van der Waals surface area contributed by atoms with Crippen LogP contribution in [0.4, 0.5) is 18.9 Å². The number of hydrogen-bond donors (Lipinski definition) is 1. The minimum atomic E-state index is -4.43. The molecule has 0 heterocycles. The van der Waals surface area contributed by atoms with Gasteiger partial charge in [-0.1, -0.05) is 48.5 Å². The number of hydrogen-bond acceptors (Lipinski definition) is 2. The first-order valence-corrected chi connectivity index (χ1v) is 7.70. The van der Waals surface area contributed by atoms with Crippen LogP contribution in [0.3, 0.4) is 0 Å². The van der Waals surface area contributed by atoms with Gasteiger partial charge in [0.1, 0.15) is 11.5 Å². The van der Waals surface area contributed by atoms with Crippen LogP contribution in [0, 0.1) is 0 Å². The summed E-state index contributed by atoms with van der Waals surface area (Å²) in [6.45, 7) is 0. The van der Waals surface area contributed by atoms with Crippen molar-refractivity contribution in [3.63, 3.8) is 0 Å². The highest BCUT2D eigenvalue weighted by Crippen LogP contribution is 2.36. The van der Waals surface area contributed by atoms with E-state index in [4.69, 9.17) is 10.5 Å². The number of rotatable bonds is 4. The van der Waals surface area contributed by atoms with Crippen molar-refractivity contribution in [3.05, 3.63) is 89.5 Å². The standard InChI is InChI=1S/C20H16F3NO.ClH/c21-20(22,23)16-10-11-19(17(24)13-16)25-18-9-5-4-8-15(18)12-14-6-2-1-3-7-14;/h1-11,13H,12,24H2;1H. The summed E-state index contributed by atoms with van der Waals surface area (Å²) in [6.07, 6.45) is -3.78. The third-order valence-corrected chi connectivity index (χ3v) is 3.77. The highest BCUT2D eigenvalue weighted by atomic mass is 35.5. The van der Waals surface area contributed by atoms with Crippen molar-refractivity contribution in [1.29, 1.82) is 0 Å². The van der Waals surface area contributed by atoms with Crippen molar-refractivity contribution in [3.8, 4) is 11.5 Å². The van der Waals surface area contributed by atoms with Crippen LogP contribution in [0.1, 0.15) is 16.7 Å². The van der Waals surface area contributed by atoms with Crippen molar-refractivity contribution < 1.29 is 17.9 Å². The monoisotopic (exact) mass is 379 g/mol. The average molecular weight is 380 g/mol. The van der Waals surface area contributed by atoms with Gasteiger partial charge < -0.3 is 10.5 Å². The van der Waals surface area contributed by atoms with Crippen molar-refractivity contribution in [2.45, 2.75) is 12.6 Å². The molecule has 0 saturated carbocycles. The van der Waals surface area contributed by atoms with E-state index in [1.807, 2.05) is 48.5 Å². The fourth-order valence-corrected chi connectivity index (χ4v) is 2.50. The van der Waals surface area contributed by atoms with Gasteiger partial charge in [0.2, 0.25) is 0 Å². The average Bonchev–Trinajstić information content (AvgIpc) is 2.58. The molecule has 6 heteroatoms. The summed E-state index contributed by atoms with van der Waals surface area (Å²) in [5.74, 6) is 0.770. The van der Waals surface area contributed by atoms with E-state index in [1.165, 1.54) is 6.07 Å². The number of halogens is 4. The Morgan fingerprint density at radius 1 is 0.808 bits per heavy atom. The van der Waals surface area contributed by atoms with E-state index in [0.717, 1.165) is 23.3 Å². The lowest BCUT2D eigenvalue weighted by molar-refractivity contribution is -0.137. The van der Waals surface area contributed by atoms with Crippen LogP contribution in [0.5, 0.6) is 11.5 Å². The second-order valence-corrected chi connectivity index (χ2v) is 5.62. The lowest BCUT2D eigenvalue weighted by Gasteiger charge is -2.14. The number of anilines is 1. The number of nitrogen functional groups attached to an aromatic ring is 1. The first-order valence-electron chi connectivity index (χ1n) is 7.70. The quantitative estimate of drug-likeness (QED) is 0.556. The van der Waals surface area contributed by atoms with Gasteiger partial charge in [0.15, 0.2) is 0 Å². The lowest BCUT2D eigenvalue weighted by Crippen LogP contribution is -2.06. The van der Waals surface area contributed by atoms with Gasteiger partial charge >= 0.3 is 6.18 Å². The lowest BCUT2D eigenvalue weighted by atomic mass is 10.0. The fourth-order valence-electron chi connectivity index (χ4n) is 2.50. The van der Waals surface area contributed by atoms with Crippen LogP contribution in [0.25, 0.3) is 0 Å². The van der Waals surface area contributed by atoms with Gasteiger partial charge in [0.05, 0.1) is 11.3 Å². The van der Waals surface area contributed by atoms with E-state index in [1.54, 1.807) is 6.07 Å². The Morgan fingerprint density at radius 2 is 1.46 bits per heavy atom. The second kappa shape index (κ2) is 8.15. The van der Waals surface area contributed by atoms with Gasteiger partial charge in [-0.05, 0) is 35.4 Å². The second-order valence-electron chi connectivity index (χ2n) is 5.62. The van der Waals surface area contributed by atoms with Gasteiger partial charge in [0, 0.05) is 6.42 Å². The van der Waals surface area contributed by atoms with Crippen molar-refractivity contribution in [2.75, 3.05) is 5.73 Å². The van der Waals surface area contributed by atoms with Crippen LogP contribution >= 0.6 is 12.4 Å². The Bertz CT molecular complexity index is 866. The largest absolute Gasteiger partial charge is 0.455 e. The molecule has 0 aromatic heterocycles. The molecule has 0 aliphatic heterocycles. The highest BCUT2D eigenvalue weighted by Gasteiger charge is 2.31. The first kappa shape index (κ1) is 19.7. The Hall–Kier alpha value is -2.66. The van der Waals surface area contributed by atoms with Gasteiger partial charge in [-0.2, -0.15) is 13.2 Å². The van der Waals surface area contributed by atoms with Crippen LogP contribution in [0.15, 0.2) is 72.8 Å². The number of ether oxygens (including phenoxy) is 1. The van der Waals surface area contributed by atoms with Crippen molar-refractivity contribution >= 4 is 18.1 Å². The Balaban J connectivity index is 0.00000243. The number of para-hydroxylation sites is 1. The van der Waals surface area contributed by atoms with E-state index in [-0.39, 0.29) is 23.8 Å². The Kier molecular flexibility index (Phi) is 6.16. The van der Waals surface area contributed by atoms with Gasteiger partial charge in [0.25, 0.3) is 0 Å². The highest BCUT2D eigenvalue weighted by molar-refractivity contribution is 5.85. The molecule has 0 unspecified atom stereocenters. The fraction of sp³-hybridized carbons (Fsp3) is 0.100. The third kappa shape index (κ3) is 4.70. The predicted octanol–water partition coefficient (Wildman–Crippen LogP) is 6.09. The zero-order valence-electron chi connectivity index (χ0n) is 13.7. The summed E-state index contributed by atoms with van der Waals surface area (Å²) in [4.78, 5) is 0. The van der Waals surface area contributed by atoms with Crippen LogP contribution in [0.2, 0.25) is 0 Å². The van der Waals surface area contributed by atoms with Gasteiger partial charge in [-0.3, -0.25) is 0 Å². The molecule has 136 valence electrons. The first-order chi connectivity index (χ1) is 11.9. The van der Waals surface area contributed by atoms with Crippen LogP contribution in [-0.2, 0) is 12.6 Å². The molecule has 2 nitrogen and oxygen atoms in total. The van der Waals surface area contributed by atoms with Crippen molar-refractivity contribution in [2.24, 2.45) is 0 Å². The molecule has 0 aliphatic carbocycles. The van der Waals surface area contributed by atoms with E-state index < -0.39 is 11.7 Å². The summed E-state index contributed by atoms with van der Waals surface area (Å²) in [7, 11) is 0. The minimum Gasteiger partial charge on any atom is -0.455 e. The summed E-state index contributed by atoms with van der Waals surface area (Å²) in [5, 5.41) is 0. The van der Waals surface area contributed by atoms with E-state index >= 15 is 0 Å². The SMILES string of the molecule is Cl.Nc1cc(C(F)(F)F)ccc1Oc1ccccc1Cc1ccccc1.